The number of guanidine groups is 1. The molecule has 27 heavy (non-hydrogen) atoms. The molecule has 2 N–H and O–H groups in total. The van der Waals surface area contributed by atoms with E-state index in [2.05, 4.69) is 46.5 Å². The molecule has 0 radical (unpaired) electrons. The third kappa shape index (κ3) is 8.71. The molecule has 8 heteroatoms. The highest BCUT2D eigenvalue weighted by atomic mass is 16.5. The van der Waals surface area contributed by atoms with E-state index in [4.69, 9.17) is 14.0 Å². The zero-order chi connectivity index (χ0) is 19.3. The first kappa shape index (κ1) is 21.6. The van der Waals surface area contributed by atoms with Gasteiger partial charge in [0, 0.05) is 45.2 Å². The zero-order valence-corrected chi connectivity index (χ0v) is 17.0. The fraction of sp³-hybridized carbons (Fsp3) is 0.842. The summed E-state index contributed by atoms with van der Waals surface area (Å²) in [5.74, 6) is 2.59. The van der Waals surface area contributed by atoms with E-state index in [9.17, 15) is 0 Å². The van der Waals surface area contributed by atoms with Crippen LogP contribution in [-0.4, -0.2) is 61.7 Å². The highest BCUT2D eigenvalue weighted by molar-refractivity contribution is 5.79. The van der Waals surface area contributed by atoms with Crippen LogP contribution >= 0.6 is 0 Å². The average molecular weight is 382 g/mol. The summed E-state index contributed by atoms with van der Waals surface area (Å²) in [6.45, 7) is 10.9. The largest absolute Gasteiger partial charge is 0.379 e. The Morgan fingerprint density at radius 3 is 2.93 bits per heavy atom. The molecule has 0 saturated carbocycles. The van der Waals surface area contributed by atoms with Crippen LogP contribution in [0.15, 0.2) is 9.52 Å². The molecule has 8 nitrogen and oxygen atoms in total. The van der Waals surface area contributed by atoms with Crippen molar-refractivity contribution in [2.75, 3.05) is 39.5 Å². The molecule has 154 valence electrons. The number of aliphatic imine (C=N–C) groups is 1. The van der Waals surface area contributed by atoms with Crippen molar-refractivity contribution in [2.45, 2.75) is 64.9 Å². The van der Waals surface area contributed by atoms with Gasteiger partial charge in [-0.2, -0.15) is 4.98 Å². The predicted molar refractivity (Wildman–Crippen MR) is 105 cm³/mol. The van der Waals surface area contributed by atoms with Gasteiger partial charge in [0.2, 0.25) is 5.89 Å². The van der Waals surface area contributed by atoms with Crippen molar-refractivity contribution < 1.29 is 14.0 Å². The molecule has 1 saturated heterocycles. The summed E-state index contributed by atoms with van der Waals surface area (Å²) in [5, 5.41) is 10.6. The summed E-state index contributed by atoms with van der Waals surface area (Å²) in [6, 6.07) is 0. The second-order valence-electron chi connectivity index (χ2n) is 7.06. The molecule has 1 atom stereocenters. The fourth-order valence-electron chi connectivity index (χ4n) is 2.74. The van der Waals surface area contributed by atoms with Gasteiger partial charge in [0.15, 0.2) is 11.8 Å². The van der Waals surface area contributed by atoms with Gasteiger partial charge in [-0.05, 0) is 32.6 Å². The van der Waals surface area contributed by atoms with Gasteiger partial charge in [0.05, 0.1) is 12.7 Å². The van der Waals surface area contributed by atoms with Crippen LogP contribution in [0.3, 0.4) is 0 Å². The van der Waals surface area contributed by atoms with Crippen LogP contribution in [-0.2, 0) is 15.9 Å². The molecule has 0 spiro atoms. The fourth-order valence-corrected chi connectivity index (χ4v) is 2.74. The molecule has 2 rings (SSSR count). The molecule has 0 bridgehead atoms. The van der Waals surface area contributed by atoms with E-state index in [1.54, 1.807) is 0 Å². The Morgan fingerprint density at radius 1 is 1.33 bits per heavy atom. The van der Waals surface area contributed by atoms with Gasteiger partial charge in [-0.25, -0.2) is 0 Å². The monoisotopic (exact) mass is 381 g/mol. The minimum absolute atomic E-state index is 0.291. The van der Waals surface area contributed by atoms with Crippen molar-refractivity contribution >= 4 is 5.96 Å². The summed E-state index contributed by atoms with van der Waals surface area (Å²) < 4.78 is 16.5. The topological polar surface area (TPSA) is 93.8 Å². The smallest absolute Gasteiger partial charge is 0.226 e. The van der Waals surface area contributed by atoms with E-state index in [1.165, 1.54) is 0 Å². The molecular weight excluding hydrogens is 346 g/mol. The number of rotatable bonds is 12. The number of nitrogens with one attached hydrogen (secondary N) is 2. The second-order valence-corrected chi connectivity index (χ2v) is 7.06. The summed E-state index contributed by atoms with van der Waals surface area (Å²) in [5.41, 5.74) is 0. The Balaban J connectivity index is 1.56. The summed E-state index contributed by atoms with van der Waals surface area (Å²) in [6.07, 6.45) is 5.14. The SMILES string of the molecule is CCNC(=NCCCc1nc(C(C)C)no1)NCCCOCC1CCCO1. The van der Waals surface area contributed by atoms with Crippen LogP contribution < -0.4 is 10.6 Å². The van der Waals surface area contributed by atoms with E-state index in [0.717, 1.165) is 70.2 Å². The Labute approximate surface area is 162 Å². The lowest BCUT2D eigenvalue weighted by atomic mass is 10.2. The molecule has 2 heterocycles. The molecule has 1 aliphatic heterocycles. The Hall–Kier alpha value is -1.67. The standard InChI is InChI=1S/C19H35N5O3/c1-4-20-19(22-11-7-12-25-14-16-8-6-13-26-16)21-10-5-9-17-23-18(15(2)3)24-27-17/h15-16H,4-14H2,1-3H3,(H2,20,21,22). The maximum absolute atomic E-state index is 5.68. The molecule has 1 unspecified atom stereocenters. The van der Waals surface area contributed by atoms with Crippen LogP contribution in [0.25, 0.3) is 0 Å². The lowest BCUT2D eigenvalue weighted by molar-refractivity contribution is 0.0168. The summed E-state index contributed by atoms with van der Waals surface area (Å²) in [4.78, 5) is 8.98. The van der Waals surface area contributed by atoms with E-state index < -0.39 is 0 Å². The Morgan fingerprint density at radius 2 is 2.22 bits per heavy atom. The first-order valence-electron chi connectivity index (χ1n) is 10.2. The van der Waals surface area contributed by atoms with E-state index >= 15 is 0 Å². The minimum Gasteiger partial charge on any atom is -0.379 e. The molecule has 0 aliphatic carbocycles. The number of aromatic nitrogens is 2. The molecule has 1 aromatic rings. The number of hydrogen-bond acceptors (Lipinski definition) is 6. The van der Waals surface area contributed by atoms with Crippen molar-refractivity contribution in [3.8, 4) is 0 Å². The van der Waals surface area contributed by atoms with Gasteiger partial charge in [0.1, 0.15) is 0 Å². The van der Waals surface area contributed by atoms with Crippen molar-refractivity contribution in [3.63, 3.8) is 0 Å². The third-order valence-electron chi connectivity index (χ3n) is 4.25. The van der Waals surface area contributed by atoms with Gasteiger partial charge in [-0.3, -0.25) is 4.99 Å². The molecule has 0 aromatic carbocycles. The van der Waals surface area contributed by atoms with Gasteiger partial charge in [-0.15, -0.1) is 0 Å². The molecule has 1 fully saturated rings. The van der Waals surface area contributed by atoms with Crippen molar-refractivity contribution in [1.82, 2.24) is 20.8 Å². The zero-order valence-electron chi connectivity index (χ0n) is 17.0. The van der Waals surface area contributed by atoms with Gasteiger partial charge in [0.25, 0.3) is 0 Å². The maximum Gasteiger partial charge on any atom is 0.226 e. The van der Waals surface area contributed by atoms with Gasteiger partial charge < -0.3 is 24.6 Å². The van der Waals surface area contributed by atoms with Gasteiger partial charge >= 0.3 is 0 Å². The number of ether oxygens (including phenoxy) is 2. The highest BCUT2D eigenvalue weighted by Crippen LogP contribution is 2.12. The molecular formula is C19H35N5O3. The Bertz CT molecular complexity index is 541. The van der Waals surface area contributed by atoms with Crippen LogP contribution in [0.5, 0.6) is 0 Å². The van der Waals surface area contributed by atoms with E-state index in [-0.39, 0.29) is 0 Å². The maximum atomic E-state index is 5.68. The van der Waals surface area contributed by atoms with E-state index in [1.807, 2.05) is 0 Å². The summed E-state index contributed by atoms with van der Waals surface area (Å²) in [7, 11) is 0. The first-order valence-corrected chi connectivity index (χ1v) is 10.2. The minimum atomic E-state index is 0.291. The van der Waals surface area contributed by atoms with Crippen molar-refractivity contribution in [3.05, 3.63) is 11.7 Å². The van der Waals surface area contributed by atoms with Crippen LogP contribution in [0.1, 0.15) is 64.1 Å². The molecule has 0 amide bonds. The second kappa shape index (κ2) is 12.7. The predicted octanol–water partition coefficient (Wildman–Crippen LogP) is 2.27. The van der Waals surface area contributed by atoms with Crippen LogP contribution in [0.4, 0.5) is 0 Å². The van der Waals surface area contributed by atoms with Crippen LogP contribution in [0, 0.1) is 0 Å². The third-order valence-corrected chi connectivity index (χ3v) is 4.25. The molecule has 1 aliphatic rings. The normalized spacial score (nSPS) is 17.6. The first-order chi connectivity index (χ1) is 13.2. The number of aryl methyl sites for hydroxylation is 1. The van der Waals surface area contributed by atoms with E-state index in [0.29, 0.717) is 31.1 Å². The quantitative estimate of drug-likeness (QED) is 0.326. The molecule has 1 aromatic heterocycles. The number of hydrogen-bond donors (Lipinski definition) is 2. The number of nitrogens with zero attached hydrogens (tertiary/aromatic N) is 3. The highest BCUT2D eigenvalue weighted by Gasteiger charge is 2.14. The van der Waals surface area contributed by atoms with Crippen molar-refractivity contribution in [2.24, 2.45) is 4.99 Å². The van der Waals surface area contributed by atoms with Crippen LogP contribution in [0.2, 0.25) is 0 Å². The van der Waals surface area contributed by atoms with Crippen molar-refractivity contribution in [1.29, 1.82) is 0 Å². The average Bonchev–Trinajstić information content (AvgIpc) is 3.33. The lowest BCUT2D eigenvalue weighted by Crippen LogP contribution is -2.38. The lowest BCUT2D eigenvalue weighted by Gasteiger charge is -2.12. The van der Waals surface area contributed by atoms with Gasteiger partial charge in [-0.1, -0.05) is 19.0 Å². The Kier molecular flexibility index (Phi) is 10.1. The summed E-state index contributed by atoms with van der Waals surface area (Å²) >= 11 is 0.